The number of piperazine rings is 2. The van der Waals surface area contributed by atoms with E-state index in [0.717, 1.165) is 28.9 Å². The van der Waals surface area contributed by atoms with Gasteiger partial charge in [-0.05, 0) is 26.0 Å². The monoisotopic (exact) mass is 490 g/mol. The van der Waals surface area contributed by atoms with Crippen molar-refractivity contribution in [3.05, 3.63) is 40.4 Å². The van der Waals surface area contributed by atoms with E-state index in [4.69, 9.17) is 11.6 Å². The maximum Gasteiger partial charge on any atom is 0.273 e. The van der Waals surface area contributed by atoms with Gasteiger partial charge in [0.2, 0.25) is 5.91 Å². The van der Waals surface area contributed by atoms with Gasteiger partial charge in [-0.3, -0.25) is 14.5 Å². The molecule has 0 spiro atoms. The average Bonchev–Trinajstić information content (AvgIpc) is 3.27. The first-order chi connectivity index (χ1) is 15.9. The highest BCUT2D eigenvalue weighted by Gasteiger charge is 2.27. The number of halogens is 1. The zero-order chi connectivity index (χ0) is 23.4. The standard InChI is InChI=1S/C23H31ClN6O2S/c1-17(2)25-23-26-19(16-33-23)22(32)30-9-7-27(8-10-30)15-21(31)29-13-11-28(12-14-29)20-6-4-3-5-18(20)24/h3-6,16-17H,7-15H2,1-2H3,(H,25,26). The summed E-state index contributed by atoms with van der Waals surface area (Å²) in [7, 11) is 0. The number of nitrogens with one attached hydrogen (secondary N) is 1. The molecule has 2 fully saturated rings. The molecule has 0 atom stereocenters. The van der Waals surface area contributed by atoms with E-state index >= 15 is 0 Å². The van der Waals surface area contributed by atoms with Gasteiger partial charge in [0.1, 0.15) is 5.69 Å². The van der Waals surface area contributed by atoms with Crippen LogP contribution in [0.4, 0.5) is 10.8 Å². The smallest absolute Gasteiger partial charge is 0.273 e. The van der Waals surface area contributed by atoms with Gasteiger partial charge < -0.3 is 20.0 Å². The summed E-state index contributed by atoms with van der Waals surface area (Å²) < 4.78 is 0. The lowest BCUT2D eigenvalue weighted by atomic mass is 10.2. The fraction of sp³-hybridized carbons (Fsp3) is 0.522. The first-order valence-electron chi connectivity index (χ1n) is 11.4. The van der Waals surface area contributed by atoms with Gasteiger partial charge >= 0.3 is 0 Å². The van der Waals surface area contributed by atoms with Gasteiger partial charge in [-0.2, -0.15) is 0 Å². The molecular weight excluding hydrogens is 460 g/mol. The van der Waals surface area contributed by atoms with Crippen LogP contribution in [-0.4, -0.2) is 96.4 Å². The molecule has 0 unspecified atom stereocenters. The Morgan fingerprint density at radius 3 is 2.36 bits per heavy atom. The van der Waals surface area contributed by atoms with Crippen molar-refractivity contribution in [1.29, 1.82) is 0 Å². The Hall–Kier alpha value is -2.36. The maximum atomic E-state index is 12.8. The number of anilines is 2. The Morgan fingerprint density at radius 1 is 1.03 bits per heavy atom. The highest BCUT2D eigenvalue weighted by atomic mass is 35.5. The molecule has 0 saturated carbocycles. The van der Waals surface area contributed by atoms with Gasteiger partial charge in [0, 0.05) is 63.8 Å². The molecule has 0 aliphatic carbocycles. The van der Waals surface area contributed by atoms with Crippen LogP contribution < -0.4 is 10.2 Å². The molecule has 178 valence electrons. The summed E-state index contributed by atoms with van der Waals surface area (Å²) in [5.74, 6) is 0.113. The van der Waals surface area contributed by atoms with Crippen LogP contribution in [0.5, 0.6) is 0 Å². The van der Waals surface area contributed by atoms with Crippen molar-refractivity contribution in [2.24, 2.45) is 0 Å². The number of benzene rings is 1. The molecule has 0 radical (unpaired) electrons. The number of hydrogen-bond acceptors (Lipinski definition) is 7. The minimum atomic E-state index is -0.0373. The fourth-order valence-corrected chi connectivity index (χ4v) is 5.24. The van der Waals surface area contributed by atoms with Gasteiger partial charge in [0.15, 0.2) is 5.13 Å². The molecule has 3 heterocycles. The predicted octanol–water partition coefficient (Wildman–Crippen LogP) is 2.72. The van der Waals surface area contributed by atoms with Crippen LogP contribution in [0.25, 0.3) is 0 Å². The van der Waals surface area contributed by atoms with Gasteiger partial charge in [0.25, 0.3) is 5.91 Å². The van der Waals surface area contributed by atoms with Crippen molar-refractivity contribution in [3.63, 3.8) is 0 Å². The second-order valence-corrected chi connectivity index (χ2v) is 9.99. The normalized spacial score (nSPS) is 17.5. The van der Waals surface area contributed by atoms with E-state index in [9.17, 15) is 9.59 Å². The van der Waals surface area contributed by atoms with E-state index in [1.54, 1.807) is 0 Å². The van der Waals surface area contributed by atoms with E-state index in [-0.39, 0.29) is 17.9 Å². The second kappa shape index (κ2) is 10.7. The molecule has 2 amide bonds. The molecule has 0 bridgehead atoms. The van der Waals surface area contributed by atoms with Crippen LogP contribution in [0.1, 0.15) is 24.3 Å². The molecule has 2 aliphatic rings. The number of thiazole rings is 1. The van der Waals surface area contributed by atoms with E-state index in [2.05, 4.69) is 20.1 Å². The van der Waals surface area contributed by atoms with E-state index in [0.29, 0.717) is 51.5 Å². The zero-order valence-electron chi connectivity index (χ0n) is 19.2. The van der Waals surface area contributed by atoms with Crippen LogP contribution in [0.3, 0.4) is 0 Å². The molecule has 2 saturated heterocycles. The topological polar surface area (TPSA) is 72.0 Å². The zero-order valence-corrected chi connectivity index (χ0v) is 20.7. The maximum absolute atomic E-state index is 12.8. The lowest BCUT2D eigenvalue weighted by molar-refractivity contribution is -0.133. The summed E-state index contributed by atoms with van der Waals surface area (Å²) in [6.07, 6.45) is 0. The molecule has 10 heteroatoms. The number of para-hydroxylation sites is 1. The quantitative estimate of drug-likeness (QED) is 0.671. The molecule has 1 N–H and O–H groups in total. The van der Waals surface area contributed by atoms with Crippen LogP contribution in [-0.2, 0) is 4.79 Å². The Balaban J connectivity index is 1.21. The van der Waals surface area contributed by atoms with Gasteiger partial charge in [-0.15, -0.1) is 11.3 Å². The third kappa shape index (κ3) is 5.96. The van der Waals surface area contributed by atoms with Crippen molar-refractivity contribution >= 4 is 45.6 Å². The number of aromatic nitrogens is 1. The third-order valence-electron chi connectivity index (χ3n) is 5.98. The summed E-state index contributed by atoms with van der Waals surface area (Å²) >= 11 is 7.77. The van der Waals surface area contributed by atoms with Crippen LogP contribution in [0, 0.1) is 0 Å². The molecule has 1 aromatic heterocycles. The van der Waals surface area contributed by atoms with Gasteiger partial charge in [-0.1, -0.05) is 23.7 Å². The third-order valence-corrected chi connectivity index (χ3v) is 7.07. The minimum Gasteiger partial charge on any atom is -0.367 e. The molecule has 4 rings (SSSR count). The Morgan fingerprint density at radius 2 is 1.70 bits per heavy atom. The summed E-state index contributed by atoms with van der Waals surface area (Å²) in [5.41, 5.74) is 1.52. The Bertz CT molecular complexity index is 967. The van der Waals surface area contributed by atoms with Gasteiger partial charge in [-0.25, -0.2) is 4.98 Å². The highest BCUT2D eigenvalue weighted by Crippen LogP contribution is 2.26. The van der Waals surface area contributed by atoms with Crippen molar-refractivity contribution in [2.75, 3.05) is 69.1 Å². The number of carbonyl (C=O) groups excluding carboxylic acids is 2. The lowest BCUT2D eigenvalue weighted by Crippen LogP contribution is -2.54. The number of nitrogens with zero attached hydrogens (tertiary/aromatic N) is 5. The molecule has 2 aromatic rings. The molecule has 2 aliphatic heterocycles. The van der Waals surface area contributed by atoms with Crippen LogP contribution >= 0.6 is 22.9 Å². The number of amides is 2. The van der Waals surface area contributed by atoms with Crippen molar-refractivity contribution in [2.45, 2.75) is 19.9 Å². The summed E-state index contributed by atoms with van der Waals surface area (Å²) in [6, 6.07) is 8.11. The minimum absolute atomic E-state index is 0.0373. The second-order valence-electron chi connectivity index (χ2n) is 8.72. The fourth-order valence-electron chi connectivity index (χ4n) is 4.15. The average molecular weight is 491 g/mol. The summed E-state index contributed by atoms with van der Waals surface area (Å²) in [6.45, 7) is 10.0. The summed E-state index contributed by atoms with van der Waals surface area (Å²) in [5, 5.41) is 6.56. The van der Waals surface area contributed by atoms with Crippen LogP contribution in [0.2, 0.25) is 5.02 Å². The van der Waals surface area contributed by atoms with Crippen molar-refractivity contribution in [3.8, 4) is 0 Å². The first kappa shape index (κ1) is 23.8. The van der Waals surface area contributed by atoms with E-state index in [1.807, 2.05) is 53.3 Å². The number of rotatable bonds is 6. The molecule has 1 aromatic carbocycles. The highest BCUT2D eigenvalue weighted by molar-refractivity contribution is 7.13. The molecular formula is C23H31ClN6O2S. The Labute approximate surface area is 204 Å². The SMILES string of the molecule is CC(C)Nc1nc(C(=O)N2CCN(CC(=O)N3CCN(c4ccccc4Cl)CC3)CC2)cs1. The summed E-state index contributed by atoms with van der Waals surface area (Å²) in [4.78, 5) is 38.2. The Kier molecular flexibility index (Phi) is 7.72. The first-order valence-corrected chi connectivity index (χ1v) is 12.7. The van der Waals surface area contributed by atoms with Crippen molar-refractivity contribution in [1.82, 2.24) is 19.7 Å². The number of carbonyl (C=O) groups is 2. The van der Waals surface area contributed by atoms with Gasteiger partial charge in [0.05, 0.1) is 17.3 Å². The lowest BCUT2D eigenvalue weighted by Gasteiger charge is -2.38. The van der Waals surface area contributed by atoms with E-state index < -0.39 is 0 Å². The predicted molar refractivity (Wildman–Crippen MR) is 133 cm³/mol. The molecule has 33 heavy (non-hydrogen) atoms. The largest absolute Gasteiger partial charge is 0.367 e. The van der Waals surface area contributed by atoms with Crippen LogP contribution in [0.15, 0.2) is 29.6 Å². The van der Waals surface area contributed by atoms with E-state index in [1.165, 1.54) is 11.3 Å². The van der Waals surface area contributed by atoms with Crippen molar-refractivity contribution < 1.29 is 9.59 Å². The molecule has 8 nitrogen and oxygen atoms in total. The number of hydrogen-bond donors (Lipinski definition) is 1.